The number of hydrogen-bond donors (Lipinski definition) is 1. The minimum Gasteiger partial charge on any atom is -0.497 e. The Morgan fingerprint density at radius 2 is 2.11 bits per heavy atom. The number of rotatable bonds is 4. The standard InChI is InChI=1S/C13H17N3O2/c1-8(2)11(14)13-15-12(16-18-13)9-5-4-6-10(7-9)17-3/h4-8,11H,14H2,1-3H3/t11-/m0/s1. The van der Waals surface area contributed by atoms with Gasteiger partial charge in [-0.1, -0.05) is 31.1 Å². The van der Waals surface area contributed by atoms with Crippen molar-refractivity contribution in [3.63, 3.8) is 0 Å². The lowest BCUT2D eigenvalue weighted by atomic mass is 10.1. The summed E-state index contributed by atoms with van der Waals surface area (Å²) < 4.78 is 10.3. The molecule has 0 saturated heterocycles. The zero-order chi connectivity index (χ0) is 13.1. The summed E-state index contributed by atoms with van der Waals surface area (Å²) in [6.07, 6.45) is 0. The smallest absolute Gasteiger partial charge is 0.244 e. The Morgan fingerprint density at radius 3 is 2.78 bits per heavy atom. The number of benzene rings is 1. The van der Waals surface area contributed by atoms with E-state index < -0.39 is 0 Å². The van der Waals surface area contributed by atoms with Crippen LogP contribution in [0.25, 0.3) is 11.4 Å². The van der Waals surface area contributed by atoms with Crippen molar-refractivity contribution in [2.45, 2.75) is 19.9 Å². The lowest BCUT2D eigenvalue weighted by Gasteiger charge is -2.09. The fourth-order valence-corrected chi connectivity index (χ4v) is 1.54. The minimum absolute atomic E-state index is 0.239. The van der Waals surface area contributed by atoms with Crippen LogP contribution in [0.4, 0.5) is 0 Å². The van der Waals surface area contributed by atoms with E-state index in [2.05, 4.69) is 10.1 Å². The fourth-order valence-electron chi connectivity index (χ4n) is 1.54. The van der Waals surface area contributed by atoms with Crippen LogP contribution in [0.15, 0.2) is 28.8 Å². The Labute approximate surface area is 106 Å². The highest BCUT2D eigenvalue weighted by molar-refractivity contribution is 5.56. The van der Waals surface area contributed by atoms with Gasteiger partial charge in [-0.05, 0) is 18.1 Å². The van der Waals surface area contributed by atoms with Crippen molar-refractivity contribution in [2.75, 3.05) is 7.11 Å². The average Bonchev–Trinajstić information content (AvgIpc) is 2.87. The Morgan fingerprint density at radius 1 is 1.33 bits per heavy atom. The summed E-state index contributed by atoms with van der Waals surface area (Å²) in [4.78, 5) is 4.32. The van der Waals surface area contributed by atoms with Crippen molar-refractivity contribution < 1.29 is 9.26 Å². The third-order valence-electron chi connectivity index (χ3n) is 2.77. The highest BCUT2D eigenvalue weighted by Crippen LogP contribution is 2.24. The maximum absolute atomic E-state index is 5.96. The zero-order valence-electron chi connectivity index (χ0n) is 10.8. The minimum atomic E-state index is -0.239. The first-order valence-electron chi connectivity index (χ1n) is 5.85. The van der Waals surface area contributed by atoms with Crippen molar-refractivity contribution in [2.24, 2.45) is 11.7 Å². The fraction of sp³-hybridized carbons (Fsp3) is 0.385. The van der Waals surface area contributed by atoms with Crippen molar-refractivity contribution in [1.29, 1.82) is 0 Å². The molecule has 0 radical (unpaired) electrons. The second-order valence-electron chi connectivity index (χ2n) is 4.46. The predicted octanol–water partition coefficient (Wildman–Crippen LogP) is 2.40. The molecule has 0 aliphatic heterocycles. The summed E-state index contributed by atoms with van der Waals surface area (Å²) in [6.45, 7) is 4.03. The van der Waals surface area contributed by atoms with Crippen LogP contribution >= 0.6 is 0 Å². The topological polar surface area (TPSA) is 74.2 Å². The lowest BCUT2D eigenvalue weighted by Crippen LogP contribution is -2.16. The number of nitrogens with two attached hydrogens (primary N) is 1. The van der Waals surface area contributed by atoms with Gasteiger partial charge < -0.3 is 15.0 Å². The summed E-state index contributed by atoms with van der Waals surface area (Å²) in [6, 6.07) is 7.27. The van der Waals surface area contributed by atoms with Gasteiger partial charge in [0.2, 0.25) is 11.7 Å². The van der Waals surface area contributed by atoms with E-state index in [1.807, 2.05) is 38.1 Å². The van der Waals surface area contributed by atoms with E-state index in [1.54, 1.807) is 7.11 Å². The first-order valence-corrected chi connectivity index (χ1v) is 5.85. The molecule has 1 aromatic heterocycles. The first-order chi connectivity index (χ1) is 8.61. The molecule has 5 heteroatoms. The van der Waals surface area contributed by atoms with E-state index in [0.29, 0.717) is 11.7 Å². The third-order valence-corrected chi connectivity index (χ3v) is 2.77. The van der Waals surface area contributed by atoms with Crippen LogP contribution in [0.3, 0.4) is 0 Å². The molecule has 2 aromatic rings. The molecule has 0 bridgehead atoms. The molecule has 0 aliphatic carbocycles. The third kappa shape index (κ3) is 2.51. The van der Waals surface area contributed by atoms with Crippen molar-refractivity contribution in [3.8, 4) is 17.1 Å². The molecule has 0 amide bonds. The van der Waals surface area contributed by atoms with Gasteiger partial charge >= 0.3 is 0 Å². The Bertz CT molecular complexity index is 522. The molecule has 5 nitrogen and oxygen atoms in total. The largest absolute Gasteiger partial charge is 0.497 e. The van der Waals surface area contributed by atoms with E-state index in [1.165, 1.54) is 0 Å². The molecule has 96 valence electrons. The van der Waals surface area contributed by atoms with Crippen molar-refractivity contribution >= 4 is 0 Å². The van der Waals surface area contributed by atoms with E-state index in [0.717, 1.165) is 11.3 Å². The number of methoxy groups -OCH3 is 1. The van der Waals surface area contributed by atoms with Gasteiger partial charge in [0.25, 0.3) is 0 Å². The van der Waals surface area contributed by atoms with Crippen molar-refractivity contribution in [1.82, 2.24) is 10.1 Å². The second kappa shape index (κ2) is 5.18. The predicted molar refractivity (Wildman–Crippen MR) is 68.1 cm³/mol. The summed E-state index contributed by atoms with van der Waals surface area (Å²) in [7, 11) is 1.62. The summed E-state index contributed by atoms with van der Waals surface area (Å²) >= 11 is 0. The maximum atomic E-state index is 5.96. The summed E-state index contributed by atoms with van der Waals surface area (Å²) in [5.41, 5.74) is 6.81. The normalized spacial score (nSPS) is 12.7. The highest BCUT2D eigenvalue weighted by atomic mass is 16.5. The van der Waals surface area contributed by atoms with Crippen LogP contribution in [0, 0.1) is 5.92 Å². The van der Waals surface area contributed by atoms with E-state index >= 15 is 0 Å². The monoisotopic (exact) mass is 247 g/mol. The van der Waals surface area contributed by atoms with Gasteiger partial charge in [-0.3, -0.25) is 0 Å². The molecule has 0 unspecified atom stereocenters. The molecule has 2 rings (SSSR count). The van der Waals surface area contributed by atoms with Crippen LogP contribution in [0.2, 0.25) is 0 Å². The summed E-state index contributed by atoms with van der Waals surface area (Å²) in [5, 5.41) is 3.94. The molecule has 18 heavy (non-hydrogen) atoms. The molecule has 1 heterocycles. The quantitative estimate of drug-likeness (QED) is 0.898. The SMILES string of the molecule is COc1cccc(-c2noc([C@@H](N)C(C)C)n2)c1. The van der Waals surface area contributed by atoms with Gasteiger partial charge in [-0.2, -0.15) is 4.98 Å². The van der Waals surface area contributed by atoms with Gasteiger partial charge in [0.1, 0.15) is 5.75 Å². The van der Waals surface area contributed by atoms with E-state index in [9.17, 15) is 0 Å². The van der Waals surface area contributed by atoms with E-state index in [4.69, 9.17) is 15.0 Å². The highest BCUT2D eigenvalue weighted by Gasteiger charge is 2.18. The zero-order valence-corrected chi connectivity index (χ0v) is 10.8. The van der Waals surface area contributed by atoms with Crippen LogP contribution in [-0.4, -0.2) is 17.3 Å². The number of hydrogen-bond acceptors (Lipinski definition) is 5. The van der Waals surface area contributed by atoms with Crippen LogP contribution in [0.5, 0.6) is 5.75 Å². The number of aromatic nitrogens is 2. The van der Waals surface area contributed by atoms with Gasteiger partial charge in [0, 0.05) is 5.56 Å². The van der Waals surface area contributed by atoms with Crippen LogP contribution in [0.1, 0.15) is 25.8 Å². The Kier molecular flexibility index (Phi) is 3.62. The molecular weight excluding hydrogens is 230 g/mol. The first kappa shape index (κ1) is 12.6. The number of nitrogens with zero attached hydrogens (tertiary/aromatic N) is 2. The molecule has 1 atom stereocenters. The van der Waals surface area contributed by atoms with Gasteiger partial charge in [-0.25, -0.2) is 0 Å². The Hall–Kier alpha value is -1.88. The number of ether oxygens (including phenoxy) is 1. The van der Waals surface area contributed by atoms with Gasteiger partial charge in [0.15, 0.2) is 0 Å². The Balaban J connectivity index is 2.29. The molecule has 0 fully saturated rings. The molecule has 0 saturated carbocycles. The summed E-state index contributed by atoms with van der Waals surface area (Å²) in [5.74, 6) is 2.00. The van der Waals surface area contributed by atoms with Crippen LogP contribution < -0.4 is 10.5 Å². The van der Waals surface area contributed by atoms with Gasteiger partial charge in [0.05, 0.1) is 13.2 Å². The average molecular weight is 247 g/mol. The second-order valence-corrected chi connectivity index (χ2v) is 4.46. The van der Waals surface area contributed by atoms with Crippen LogP contribution in [-0.2, 0) is 0 Å². The van der Waals surface area contributed by atoms with Crippen molar-refractivity contribution in [3.05, 3.63) is 30.2 Å². The molecule has 2 N–H and O–H groups in total. The van der Waals surface area contributed by atoms with E-state index in [-0.39, 0.29) is 12.0 Å². The molecule has 1 aromatic carbocycles. The molecule has 0 aliphatic rings. The van der Waals surface area contributed by atoms with Gasteiger partial charge in [-0.15, -0.1) is 0 Å². The molecule has 0 spiro atoms. The lowest BCUT2D eigenvalue weighted by molar-refractivity contribution is 0.325. The molecular formula is C13H17N3O2. The maximum Gasteiger partial charge on any atom is 0.244 e.